The molecule has 160 valence electrons. The first-order chi connectivity index (χ1) is 13.7. The van der Waals surface area contributed by atoms with Gasteiger partial charge in [-0.1, -0.05) is 31.7 Å². The summed E-state index contributed by atoms with van der Waals surface area (Å²) < 4.78 is 26.1. The van der Waals surface area contributed by atoms with E-state index < -0.39 is 9.84 Å². The molecule has 1 unspecified atom stereocenters. The zero-order chi connectivity index (χ0) is 21.2. The molecule has 2 aromatic rings. The molecule has 1 aliphatic rings. The largest absolute Gasteiger partial charge is 0.333 e. The standard InChI is InChI=1S/C20H29N3O3S3/c1-14(2)10-22-16(4)15(3)21-20(22)28-12-19(24)23(11-18-6-5-8-27-18)17-7-9-29(25,26)13-17/h5-6,8,14,17H,7,9-13H2,1-4H3. The van der Waals surface area contributed by atoms with Gasteiger partial charge in [0.15, 0.2) is 15.0 Å². The number of carbonyl (C=O) groups excluding carboxylic acids is 1. The molecule has 6 nitrogen and oxygen atoms in total. The highest BCUT2D eigenvalue weighted by atomic mass is 32.2. The second-order valence-electron chi connectivity index (χ2n) is 8.02. The first-order valence-corrected chi connectivity index (χ1v) is 13.5. The maximum atomic E-state index is 13.1. The summed E-state index contributed by atoms with van der Waals surface area (Å²) in [5.41, 5.74) is 2.11. The second-order valence-corrected chi connectivity index (χ2v) is 12.2. The molecule has 0 aromatic carbocycles. The Balaban J connectivity index is 1.74. The van der Waals surface area contributed by atoms with E-state index in [1.165, 1.54) is 11.8 Å². The van der Waals surface area contributed by atoms with Crippen LogP contribution in [-0.2, 0) is 27.7 Å². The zero-order valence-electron chi connectivity index (χ0n) is 17.4. The molecule has 1 atom stereocenters. The van der Waals surface area contributed by atoms with Crippen LogP contribution in [-0.4, -0.2) is 52.1 Å². The van der Waals surface area contributed by atoms with Gasteiger partial charge in [0.05, 0.1) is 29.5 Å². The number of carbonyl (C=O) groups is 1. The number of amides is 1. The number of aryl methyl sites for hydroxylation is 1. The number of sulfone groups is 1. The van der Waals surface area contributed by atoms with E-state index in [0.717, 1.165) is 28.0 Å². The molecular weight excluding hydrogens is 426 g/mol. The van der Waals surface area contributed by atoms with Crippen LogP contribution in [0.3, 0.4) is 0 Å². The summed E-state index contributed by atoms with van der Waals surface area (Å²) in [7, 11) is -3.06. The number of nitrogens with zero attached hydrogens (tertiary/aromatic N) is 3. The van der Waals surface area contributed by atoms with Gasteiger partial charge in [0.25, 0.3) is 0 Å². The van der Waals surface area contributed by atoms with Crippen molar-refractivity contribution in [1.82, 2.24) is 14.5 Å². The number of hydrogen-bond acceptors (Lipinski definition) is 6. The SMILES string of the molecule is Cc1nc(SCC(=O)N(Cc2cccs2)C2CCS(=O)(=O)C2)n(CC(C)C)c1C. The molecule has 0 N–H and O–H groups in total. The van der Waals surface area contributed by atoms with Gasteiger partial charge in [-0.3, -0.25) is 4.79 Å². The Labute approximate surface area is 181 Å². The van der Waals surface area contributed by atoms with Crippen molar-refractivity contribution in [3.63, 3.8) is 0 Å². The van der Waals surface area contributed by atoms with Crippen LogP contribution in [0.25, 0.3) is 0 Å². The van der Waals surface area contributed by atoms with Crippen molar-refractivity contribution in [2.75, 3.05) is 17.3 Å². The van der Waals surface area contributed by atoms with Gasteiger partial charge in [0.2, 0.25) is 5.91 Å². The minimum absolute atomic E-state index is 0.0279. The molecule has 0 spiro atoms. The van der Waals surface area contributed by atoms with E-state index >= 15 is 0 Å². The number of imidazole rings is 1. The van der Waals surface area contributed by atoms with Crippen molar-refractivity contribution in [3.05, 3.63) is 33.8 Å². The van der Waals surface area contributed by atoms with E-state index in [9.17, 15) is 13.2 Å². The van der Waals surface area contributed by atoms with E-state index in [-0.39, 0.29) is 29.2 Å². The third-order valence-corrected chi connectivity index (χ3v) is 8.74. The normalized spacial score (nSPS) is 18.4. The lowest BCUT2D eigenvalue weighted by Crippen LogP contribution is -2.41. The van der Waals surface area contributed by atoms with E-state index in [0.29, 0.717) is 18.9 Å². The van der Waals surface area contributed by atoms with Gasteiger partial charge in [-0.05, 0) is 37.6 Å². The lowest BCUT2D eigenvalue weighted by Gasteiger charge is -2.28. The van der Waals surface area contributed by atoms with Crippen LogP contribution < -0.4 is 0 Å². The van der Waals surface area contributed by atoms with Crippen LogP contribution in [0.15, 0.2) is 22.7 Å². The molecule has 3 rings (SSSR count). The van der Waals surface area contributed by atoms with Crippen molar-refractivity contribution in [2.24, 2.45) is 5.92 Å². The van der Waals surface area contributed by atoms with Crippen LogP contribution in [0.5, 0.6) is 0 Å². The average Bonchev–Trinajstić information content (AvgIpc) is 3.34. The molecule has 1 fully saturated rings. The number of aromatic nitrogens is 2. The molecule has 0 aliphatic carbocycles. The van der Waals surface area contributed by atoms with E-state index in [4.69, 9.17) is 0 Å². The van der Waals surface area contributed by atoms with Gasteiger partial charge >= 0.3 is 0 Å². The Bertz CT molecular complexity index is 949. The van der Waals surface area contributed by atoms with Crippen LogP contribution in [0.2, 0.25) is 0 Å². The zero-order valence-corrected chi connectivity index (χ0v) is 19.9. The van der Waals surface area contributed by atoms with Gasteiger partial charge in [-0.2, -0.15) is 0 Å². The Morgan fingerprint density at radius 1 is 1.41 bits per heavy atom. The highest BCUT2D eigenvalue weighted by molar-refractivity contribution is 7.99. The van der Waals surface area contributed by atoms with Crippen LogP contribution >= 0.6 is 23.1 Å². The van der Waals surface area contributed by atoms with Gasteiger partial charge < -0.3 is 9.47 Å². The van der Waals surface area contributed by atoms with Crippen LogP contribution in [0.1, 0.15) is 36.5 Å². The highest BCUT2D eigenvalue weighted by Crippen LogP contribution is 2.26. The van der Waals surface area contributed by atoms with Crippen molar-refractivity contribution < 1.29 is 13.2 Å². The molecule has 29 heavy (non-hydrogen) atoms. The predicted molar refractivity (Wildman–Crippen MR) is 119 cm³/mol. The minimum atomic E-state index is -3.06. The van der Waals surface area contributed by atoms with Gasteiger partial charge in [-0.25, -0.2) is 13.4 Å². The monoisotopic (exact) mass is 455 g/mol. The molecule has 0 radical (unpaired) electrons. The Kier molecular flexibility index (Phi) is 7.11. The lowest BCUT2D eigenvalue weighted by atomic mass is 10.2. The Morgan fingerprint density at radius 3 is 2.76 bits per heavy atom. The van der Waals surface area contributed by atoms with Gasteiger partial charge in [0.1, 0.15) is 0 Å². The van der Waals surface area contributed by atoms with Gasteiger partial charge in [-0.15, -0.1) is 11.3 Å². The predicted octanol–water partition coefficient (Wildman–Crippen LogP) is 3.53. The number of thiophene rings is 1. The minimum Gasteiger partial charge on any atom is -0.333 e. The molecule has 3 heterocycles. The lowest BCUT2D eigenvalue weighted by molar-refractivity contribution is -0.130. The fourth-order valence-electron chi connectivity index (χ4n) is 3.54. The van der Waals surface area contributed by atoms with Crippen LogP contribution in [0.4, 0.5) is 0 Å². The summed E-state index contributed by atoms with van der Waals surface area (Å²) >= 11 is 3.04. The summed E-state index contributed by atoms with van der Waals surface area (Å²) in [5.74, 6) is 0.942. The van der Waals surface area contributed by atoms with Crippen molar-refractivity contribution >= 4 is 38.8 Å². The molecule has 1 aliphatic heterocycles. The quantitative estimate of drug-likeness (QED) is 0.570. The van der Waals surface area contributed by atoms with Crippen molar-refractivity contribution in [1.29, 1.82) is 0 Å². The first-order valence-electron chi connectivity index (χ1n) is 9.85. The number of hydrogen-bond donors (Lipinski definition) is 0. The molecule has 0 saturated carbocycles. The van der Waals surface area contributed by atoms with Crippen molar-refractivity contribution in [2.45, 2.75) is 58.4 Å². The van der Waals surface area contributed by atoms with Gasteiger partial charge in [0, 0.05) is 23.2 Å². The molecular formula is C20H29N3O3S3. The van der Waals surface area contributed by atoms with E-state index in [2.05, 4.69) is 30.3 Å². The maximum absolute atomic E-state index is 13.1. The van der Waals surface area contributed by atoms with Crippen molar-refractivity contribution in [3.8, 4) is 0 Å². The Hall–Kier alpha value is -1.32. The molecule has 1 saturated heterocycles. The first kappa shape index (κ1) is 22.4. The summed E-state index contributed by atoms with van der Waals surface area (Å²) in [5, 5.41) is 2.84. The summed E-state index contributed by atoms with van der Waals surface area (Å²) in [4.78, 5) is 20.6. The molecule has 1 amide bonds. The smallest absolute Gasteiger partial charge is 0.233 e. The van der Waals surface area contributed by atoms with E-state index in [1.807, 2.05) is 24.4 Å². The topological polar surface area (TPSA) is 72.3 Å². The number of rotatable bonds is 8. The maximum Gasteiger partial charge on any atom is 0.233 e. The average molecular weight is 456 g/mol. The summed E-state index contributed by atoms with van der Waals surface area (Å²) in [6.07, 6.45) is 0.518. The summed E-state index contributed by atoms with van der Waals surface area (Å²) in [6.45, 7) is 9.71. The molecule has 9 heteroatoms. The fraction of sp³-hybridized carbons (Fsp3) is 0.600. The second kappa shape index (κ2) is 9.22. The fourth-order valence-corrected chi connectivity index (χ4v) is 6.96. The Morgan fingerprint density at radius 2 is 2.17 bits per heavy atom. The highest BCUT2D eigenvalue weighted by Gasteiger charge is 2.35. The third kappa shape index (κ3) is 5.64. The number of thioether (sulfide) groups is 1. The molecule has 0 bridgehead atoms. The summed E-state index contributed by atoms with van der Waals surface area (Å²) in [6, 6.07) is 3.70. The molecule has 2 aromatic heterocycles. The third-order valence-electron chi connectivity index (χ3n) is 5.17. The van der Waals surface area contributed by atoms with Crippen LogP contribution in [0, 0.1) is 19.8 Å². The van der Waals surface area contributed by atoms with E-state index in [1.54, 1.807) is 16.2 Å².